The Bertz CT molecular complexity index is 1010. The molecule has 2 fully saturated rings. The molecule has 172 valence electrons. The van der Waals surface area contributed by atoms with Crippen molar-refractivity contribution in [2.45, 2.75) is 6.61 Å². The Balaban J connectivity index is 1.28. The number of nitrogens with zero attached hydrogens (tertiary/aromatic N) is 4. The van der Waals surface area contributed by atoms with Crippen LogP contribution in [0.15, 0.2) is 48.7 Å². The van der Waals surface area contributed by atoms with Gasteiger partial charge in [-0.25, -0.2) is 4.79 Å². The molecule has 10 nitrogen and oxygen atoms in total. The van der Waals surface area contributed by atoms with Crippen LogP contribution in [0.25, 0.3) is 0 Å². The lowest BCUT2D eigenvalue weighted by atomic mass is 10.3. The zero-order valence-corrected chi connectivity index (χ0v) is 18.5. The number of rotatable bonds is 6. The number of pyridine rings is 1. The summed E-state index contributed by atoms with van der Waals surface area (Å²) in [6.45, 7) is 3.05. The fraction of sp³-hybridized carbons (Fsp3) is 0.429. The number of ether oxygens (including phenoxy) is 2. The Labute approximate surface area is 187 Å². The number of morpholine rings is 1. The second-order valence-corrected chi connectivity index (χ2v) is 9.40. The number of urea groups is 1. The van der Waals surface area contributed by atoms with Crippen LogP contribution < -0.4 is 10.1 Å². The molecular weight excluding hydrogens is 434 g/mol. The van der Waals surface area contributed by atoms with E-state index in [0.29, 0.717) is 57.4 Å². The van der Waals surface area contributed by atoms with Gasteiger partial charge < -0.3 is 19.7 Å². The molecule has 0 aliphatic carbocycles. The van der Waals surface area contributed by atoms with E-state index in [4.69, 9.17) is 9.47 Å². The molecule has 2 aliphatic rings. The molecule has 0 atom stereocenters. The number of hydrogen-bond donors (Lipinski definition) is 1. The number of anilines is 1. The fourth-order valence-electron chi connectivity index (χ4n) is 3.57. The van der Waals surface area contributed by atoms with E-state index in [9.17, 15) is 13.2 Å². The molecule has 0 bridgehead atoms. The number of nitrogens with one attached hydrogen (secondary N) is 1. The van der Waals surface area contributed by atoms with Crippen molar-refractivity contribution in [1.82, 2.24) is 18.5 Å². The molecule has 2 aromatic rings. The zero-order valence-electron chi connectivity index (χ0n) is 17.7. The third-order valence-corrected chi connectivity index (χ3v) is 7.38. The number of carbonyl (C=O) groups excluding carboxylic acids is 1. The van der Waals surface area contributed by atoms with Gasteiger partial charge in [0.1, 0.15) is 12.4 Å². The normalized spacial score (nSPS) is 18.3. The highest BCUT2D eigenvalue weighted by Crippen LogP contribution is 2.20. The molecule has 0 spiro atoms. The molecule has 0 radical (unpaired) electrons. The topological polar surface area (TPSA) is 104 Å². The smallest absolute Gasteiger partial charge is 0.321 e. The highest BCUT2D eigenvalue weighted by atomic mass is 32.2. The molecule has 11 heteroatoms. The molecule has 4 rings (SSSR count). The highest BCUT2D eigenvalue weighted by molar-refractivity contribution is 7.86. The quantitative estimate of drug-likeness (QED) is 0.697. The number of piperazine rings is 1. The van der Waals surface area contributed by atoms with Gasteiger partial charge in [0.15, 0.2) is 0 Å². The van der Waals surface area contributed by atoms with Crippen molar-refractivity contribution in [3.05, 3.63) is 54.4 Å². The largest absolute Gasteiger partial charge is 0.487 e. The van der Waals surface area contributed by atoms with Crippen LogP contribution in [-0.4, -0.2) is 85.4 Å². The van der Waals surface area contributed by atoms with Crippen LogP contribution in [0.4, 0.5) is 10.5 Å². The van der Waals surface area contributed by atoms with E-state index in [0.717, 1.165) is 5.69 Å². The van der Waals surface area contributed by atoms with Crippen molar-refractivity contribution in [1.29, 1.82) is 0 Å². The van der Waals surface area contributed by atoms with Crippen molar-refractivity contribution >= 4 is 21.9 Å². The first-order valence-corrected chi connectivity index (χ1v) is 11.9. The predicted octanol–water partition coefficient (Wildman–Crippen LogP) is 1.39. The minimum absolute atomic E-state index is 0.264. The van der Waals surface area contributed by atoms with Gasteiger partial charge in [0.2, 0.25) is 0 Å². The average Bonchev–Trinajstić information content (AvgIpc) is 2.84. The van der Waals surface area contributed by atoms with E-state index in [2.05, 4.69) is 10.3 Å². The Kier molecular flexibility index (Phi) is 7.20. The van der Waals surface area contributed by atoms with Gasteiger partial charge in [-0.1, -0.05) is 12.1 Å². The summed E-state index contributed by atoms with van der Waals surface area (Å²) in [6.07, 6.45) is 1.71. The van der Waals surface area contributed by atoms with Gasteiger partial charge >= 0.3 is 6.03 Å². The molecule has 1 aromatic carbocycles. The van der Waals surface area contributed by atoms with E-state index in [1.54, 1.807) is 29.3 Å². The third-order valence-electron chi connectivity index (χ3n) is 5.35. The van der Waals surface area contributed by atoms with Crippen molar-refractivity contribution < 1.29 is 22.7 Å². The average molecular weight is 462 g/mol. The Hall–Kier alpha value is -2.73. The van der Waals surface area contributed by atoms with E-state index in [1.807, 2.05) is 24.3 Å². The lowest BCUT2D eigenvalue weighted by Crippen LogP contribution is -2.56. The number of aromatic nitrogens is 1. The number of benzene rings is 1. The van der Waals surface area contributed by atoms with Gasteiger partial charge in [-0.05, 0) is 24.3 Å². The summed E-state index contributed by atoms with van der Waals surface area (Å²) in [4.78, 5) is 18.5. The molecule has 0 saturated carbocycles. The van der Waals surface area contributed by atoms with Crippen molar-refractivity contribution in [2.75, 3.05) is 57.8 Å². The summed E-state index contributed by atoms with van der Waals surface area (Å²) in [7, 11) is -3.52. The summed E-state index contributed by atoms with van der Waals surface area (Å²) >= 11 is 0. The second kappa shape index (κ2) is 10.3. The zero-order chi connectivity index (χ0) is 22.4. The Morgan fingerprint density at radius 1 is 1.00 bits per heavy atom. The molecule has 1 aromatic heterocycles. The van der Waals surface area contributed by atoms with E-state index in [1.165, 1.54) is 8.61 Å². The Morgan fingerprint density at radius 3 is 2.47 bits per heavy atom. The SMILES string of the molecule is O=C(Nc1cccc(OCc2ccccn2)c1)N1CCN(S(=O)(=O)N2CCOCC2)CC1. The van der Waals surface area contributed by atoms with E-state index < -0.39 is 10.2 Å². The van der Waals surface area contributed by atoms with Crippen LogP contribution in [-0.2, 0) is 21.6 Å². The van der Waals surface area contributed by atoms with Crippen LogP contribution in [0.1, 0.15) is 5.69 Å². The maximum atomic E-state index is 12.8. The van der Waals surface area contributed by atoms with Crippen LogP contribution in [0, 0.1) is 0 Å². The fourth-order valence-corrected chi connectivity index (χ4v) is 5.13. The monoisotopic (exact) mass is 461 g/mol. The number of amides is 2. The first kappa shape index (κ1) is 22.5. The van der Waals surface area contributed by atoms with Crippen LogP contribution in [0.3, 0.4) is 0 Å². The molecule has 2 aliphatic heterocycles. The molecule has 1 N–H and O–H groups in total. The standard InChI is InChI=1S/C21H27N5O5S/c27-21(23-18-5-3-6-20(16-18)31-17-19-4-1-2-7-22-19)24-8-10-25(11-9-24)32(28,29)26-12-14-30-15-13-26/h1-7,16H,8-15,17H2,(H,23,27). The third kappa shape index (κ3) is 5.54. The van der Waals surface area contributed by atoms with Gasteiger partial charge in [0.25, 0.3) is 10.2 Å². The summed E-state index contributed by atoms with van der Waals surface area (Å²) < 4.78 is 39.4. The second-order valence-electron chi connectivity index (χ2n) is 7.47. The van der Waals surface area contributed by atoms with Gasteiger partial charge in [-0.15, -0.1) is 0 Å². The van der Waals surface area contributed by atoms with Gasteiger partial charge in [-0.2, -0.15) is 17.0 Å². The molecule has 3 heterocycles. The van der Waals surface area contributed by atoms with Crippen LogP contribution in [0.5, 0.6) is 5.75 Å². The van der Waals surface area contributed by atoms with Gasteiger partial charge in [0.05, 0.1) is 18.9 Å². The molecular formula is C21H27N5O5S. The van der Waals surface area contributed by atoms with E-state index in [-0.39, 0.29) is 19.1 Å². The maximum Gasteiger partial charge on any atom is 0.321 e. The van der Waals surface area contributed by atoms with Gasteiger partial charge in [0, 0.05) is 57.2 Å². The lowest BCUT2D eigenvalue weighted by Gasteiger charge is -2.37. The summed E-state index contributed by atoms with van der Waals surface area (Å²) in [6, 6.07) is 12.5. The molecule has 32 heavy (non-hydrogen) atoms. The molecule has 0 unspecified atom stereocenters. The number of carbonyl (C=O) groups is 1. The number of hydrogen-bond acceptors (Lipinski definition) is 6. The van der Waals surface area contributed by atoms with Crippen molar-refractivity contribution in [2.24, 2.45) is 0 Å². The van der Waals surface area contributed by atoms with Gasteiger partial charge in [-0.3, -0.25) is 4.98 Å². The van der Waals surface area contributed by atoms with E-state index >= 15 is 0 Å². The lowest BCUT2D eigenvalue weighted by molar-refractivity contribution is 0.0691. The summed E-state index contributed by atoms with van der Waals surface area (Å²) in [5.74, 6) is 0.620. The van der Waals surface area contributed by atoms with Crippen LogP contribution in [0.2, 0.25) is 0 Å². The first-order valence-electron chi connectivity index (χ1n) is 10.5. The Morgan fingerprint density at radius 2 is 1.75 bits per heavy atom. The molecule has 2 amide bonds. The highest BCUT2D eigenvalue weighted by Gasteiger charge is 2.34. The van der Waals surface area contributed by atoms with Crippen molar-refractivity contribution in [3.8, 4) is 5.75 Å². The van der Waals surface area contributed by atoms with Crippen LogP contribution >= 0.6 is 0 Å². The molecule has 2 saturated heterocycles. The van der Waals surface area contributed by atoms with Crippen molar-refractivity contribution in [3.63, 3.8) is 0 Å². The minimum Gasteiger partial charge on any atom is -0.487 e. The summed E-state index contributed by atoms with van der Waals surface area (Å²) in [5, 5.41) is 2.86. The first-order chi connectivity index (χ1) is 15.5. The predicted molar refractivity (Wildman–Crippen MR) is 118 cm³/mol. The minimum atomic E-state index is -3.52. The maximum absolute atomic E-state index is 12.8. The summed E-state index contributed by atoms with van der Waals surface area (Å²) in [5.41, 5.74) is 1.42.